The molecule has 2 fully saturated rings. The number of aliphatic hydroxyl groups excluding tert-OH is 1. The fraction of sp³-hybridized carbons (Fsp3) is 0.459. The molecule has 6 rings (SSSR count). The van der Waals surface area contributed by atoms with Gasteiger partial charge in [-0.1, -0.05) is 97.8 Å². The van der Waals surface area contributed by atoms with Crippen molar-refractivity contribution in [3.05, 3.63) is 96.1 Å². The molecule has 0 bridgehead atoms. The summed E-state index contributed by atoms with van der Waals surface area (Å²) >= 11 is 0. The lowest BCUT2D eigenvalue weighted by Crippen LogP contribution is -2.55. The number of rotatable bonds is 9. The van der Waals surface area contributed by atoms with Crippen LogP contribution in [0.15, 0.2) is 85.0 Å². The number of nitrogens with zero attached hydrogens (tertiary/aromatic N) is 2. The average molecular weight is 642 g/mol. The lowest BCUT2D eigenvalue weighted by Gasteiger charge is -2.35. The molecule has 2 aromatic rings. The first kappa shape index (κ1) is 32.7. The Morgan fingerprint density at radius 3 is 2.40 bits per heavy atom. The molecule has 4 heterocycles. The number of fused-ring (bicyclic) bond motifs is 2. The number of likely N-dealkylation sites (tertiary alicyclic amines) is 1. The van der Waals surface area contributed by atoms with Crippen LogP contribution in [0.1, 0.15) is 55.8 Å². The Bertz CT molecular complexity index is 1500. The van der Waals surface area contributed by atoms with E-state index in [2.05, 4.69) is 5.32 Å². The van der Waals surface area contributed by atoms with E-state index in [1.54, 1.807) is 22.0 Å². The van der Waals surface area contributed by atoms with Crippen molar-refractivity contribution >= 4 is 23.7 Å². The Morgan fingerprint density at radius 1 is 0.894 bits per heavy atom. The van der Waals surface area contributed by atoms with Gasteiger partial charge in [0.2, 0.25) is 17.7 Å². The summed E-state index contributed by atoms with van der Waals surface area (Å²) in [5.74, 6) is -3.26. The average Bonchev–Trinajstić information content (AvgIpc) is 3.47. The predicted molar refractivity (Wildman–Crippen MR) is 173 cm³/mol. The molecule has 0 saturated carbocycles. The second kappa shape index (κ2) is 14.6. The zero-order chi connectivity index (χ0) is 32.8. The number of allylic oxidation sites excluding steroid dienone is 1. The maximum absolute atomic E-state index is 14.6. The lowest BCUT2D eigenvalue weighted by molar-refractivity contribution is -0.160. The number of carbonyl (C=O) groups excluding carboxylic acids is 4. The highest BCUT2D eigenvalue weighted by atomic mass is 16.6. The second-order valence-corrected chi connectivity index (χ2v) is 12.7. The van der Waals surface area contributed by atoms with Gasteiger partial charge in [0.15, 0.2) is 0 Å². The van der Waals surface area contributed by atoms with Crippen LogP contribution in [-0.4, -0.2) is 82.6 Å². The highest BCUT2D eigenvalue weighted by Crippen LogP contribution is 2.53. The van der Waals surface area contributed by atoms with E-state index in [4.69, 9.17) is 9.47 Å². The maximum atomic E-state index is 14.6. The Balaban J connectivity index is 1.37. The van der Waals surface area contributed by atoms with Crippen LogP contribution in [0.2, 0.25) is 0 Å². The fourth-order valence-electron chi connectivity index (χ4n) is 7.39. The molecule has 1 spiro atoms. The first-order chi connectivity index (χ1) is 22.9. The number of hydrogen-bond acceptors (Lipinski definition) is 7. The number of ether oxygens (including phenoxy) is 2. The van der Waals surface area contributed by atoms with E-state index in [-0.39, 0.29) is 37.3 Å². The first-order valence-electron chi connectivity index (χ1n) is 16.7. The van der Waals surface area contributed by atoms with Crippen LogP contribution in [0.3, 0.4) is 0 Å². The molecular formula is C37H43N3O7. The van der Waals surface area contributed by atoms with Crippen molar-refractivity contribution in [2.45, 2.75) is 68.9 Å². The lowest BCUT2D eigenvalue weighted by atomic mass is 9.78. The minimum absolute atomic E-state index is 0.0930. The molecule has 248 valence electrons. The minimum Gasteiger partial charge on any atom is -0.455 e. The smallest absolute Gasteiger partial charge is 0.313 e. The van der Waals surface area contributed by atoms with Gasteiger partial charge in [-0.3, -0.25) is 19.2 Å². The molecule has 47 heavy (non-hydrogen) atoms. The SMILES string of the molecule is O=C1CC/C=C\[C@H]2O[C@]34C=CCN(Cc5ccccc5)C(=O)[C@H]3N(CCCCCCO)C(=O)[C@@H]4[C@H]2C(=O)O[C@H](c2ccccc2)CN1. The normalized spacial score (nSPS) is 29.9. The Morgan fingerprint density at radius 2 is 1.64 bits per heavy atom. The van der Waals surface area contributed by atoms with Crippen LogP contribution >= 0.6 is 0 Å². The first-order valence-corrected chi connectivity index (χ1v) is 16.7. The molecule has 0 aromatic heterocycles. The highest BCUT2D eigenvalue weighted by Gasteiger charge is 2.71. The third kappa shape index (κ3) is 6.75. The van der Waals surface area contributed by atoms with Crippen LogP contribution in [0.5, 0.6) is 0 Å². The van der Waals surface area contributed by atoms with E-state index < -0.39 is 41.7 Å². The molecule has 4 aliphatic rings. The van der Waals surface area contributed by atoms with Crippen molar-refractivity contribution in [3.8, 4) is 0 Å². The molecule has 6 atom stereocenters. The number of amides is 3. The van der Waals surface area contributed by atoms with Gasteiger partial charge in [0.25, 0.3) is 0 Å². The number of unbranched alkanes of at least 4 members (excludes halogenated alkanes) is 3. The van der Waals surface area contributed by atoms with Gasteiger partial charge in [0.05, 0.1) is 18.6 Å². The van der Waals surface area contributed by atoms with Crippen molar-refractivity contribution in [2.75, 3.05) is 26.2 Å². The fourth-order valence-corrected chi connectivity index (χ4v) is 7.39. The molecule has 2 N–H and O–H groups in total. The molecule has 0 aliphatic carbocycles. The van der Waals surface area contributed by atoms with E-state index in [0.717, 1.165) is 24.0 Å². The van der Waals surface area contributed by atoms with E-state index in [1.807, 2.05) is 72.8 Å². The summed E-state index contributed by atoms with van der Waals surface area (Å²) in [6, 6.07) is 18.0. The summed E-state index contributed by atoms with van der Waals surface area (Å²) in [6.45, 7) is 1.23. The summed E-state index contributed by atoms with van der Waals surface area (Å²) in [6.07, 6.45) is 9.26. The maximum Gasteiger partial charge on any atom is 0.313 e. The number of benzene rings is 2. The number of nitrogens with one attached hydrogen (secondary N) is 1. The number of cyclic esters (lactones) is 1. The van der Waals surface area contributed by atoms with Gasteiger partial charge in [-0.05, 0) is 30.4 Å². The van der Waals surface area contributed by atoms with E-state index in [1.165, 1.54) is 0 Å². The van der Waals surface area contributed by atoms with Gasteiger partial charge in [-0.2, -0.15) is 0 Å². The predicted octanol–water partition coefficient (Wildman–Crippen LogP) is 3.47. The summed E-state index contributed by atoms with van der Waals surface area (Å²) in [5.41, 5.74) is 0.317. The van der Waals surface area contributed by atoms with Crippen LogP contribution in [-0.2, 0) is 35.2 Å². The van der Waals surface area contributed by atoms with Crippen LogP contribution in [0.25, 0.3) is 0 Å². The van der Waals surface area contributed by atoms with Gasteiger partial charge in [0, 0.05) is 32.7 Å². The van der Waals surface area contributed by atoms with Crippen LogP contribution in [0.4, 0.5) is 0 Å². The summed E-state index contributed by atoms with van der Waals surface area (Å²) in [5, 5.41) is 12.1. The molecule has 4 aliphatic heterocycles. The number of carbonyl (C=O) groups is 4. The monoisotopic (exact) mass is 641 g/mol. The molecule has 10 heteroatoms. The Hall–Kier alpha value is -4.28. The molecule has 10 nitrogen and oxygen atoms in total. The van der Waals surface area contributed by atoms with E-state index in [9.17, 15) is 24.3 Å². The minimum atomic E-state index is -1.38. The van der Waals surface area contributed by atoms with Gasteiger partial charge in [-0.15, -0.1) is 0 Å². The number of hydrogen-bond donors (Lipinski definition) is 2. The van der Waals surface area contributed by atoms with Crippen molar-refractivity contribution < 1.29 is 33.8 Å². The van der Waals surface area contributed by atoms with Gasteiger partial charge >= 0.3 is 5.97 Å². The van der Waals surface area contributed by atoms with Crippen molar-refractivity contribution in [3.63, 3.8) is 0 Å². The van der Waals surface area contributed by atoms with Gasteiger partial charge < -0.3 is 29.7 Å². The second-order valence-electron chi connectivity index (χ2n) is 12.7. The third-order valence-corrected chi connectivity index (χ3v) is 9.65. The molecule has 2 aromatic carbocycles. The van der Waals surface area contributed by atoms with Crippen molar-refractivity contribution in [2.24, 2.45) is 11.8 Å². The molecule has 0 radical (unpaired) electrons. The van der Waals surface area contributed by atoms with Crippen molar-refractivity contribution in [1.29, 1.82) is 0 Å². The summed E-state index contributed by atoms with van der Waals surface area (Å²) in [7, 11) is 0. The molecular weight excluding hydrogens is 598 g/mol. The Kier molecular flexibility index (Phi) is 10.2. The third-order valence-electron chi connectivity index (χ3n) is 9.65. The molecule has 0 unspecified atom stereocenters. The van der Waals surface area contributed by atoms with Gasteiger partial charge in [-0.25, -0.2) is 0 Å². The Labute approximate surface area is 275 Å². The largest absolute Gasteiger partial charge is 0.455 e. The number of esters is 1. The quantitative estimate of drug-likeness (QED) is 0.244. The summed E-state index contributed by atoms with van der Waals surface area (Å²) < 4.78 is 12.9. The highest BCUT2D eigenvalue weighted by molar-refractivity contribution is 5.99. The standard InChI is InChI=1S/C37H43N3O7/c41-23-12-2-1-11-22-40-33-35(44)39(25-26-14-5-3-6-15-26)21-13-20-37(33)32(34(40)43)31-28(47-37)18-9-10-19-30(42)38-24-29(46-36(31)45)27-16-7-4-8-17-27/h3-9,13-18,20,28-29,31-33,41H,1-2,10-12,19,21-25H2,(H,38,42)/b18-9-/t28-,29+,31+,32+,33-,37+/m1/s1. The van der Waals surface area contributed by atoms with Crippen LogP contribution in [0, 0.1) is 11.8 Å². The summed E-state index contributed by atoms with van der Waals surface area (Å²) in [4.78, 5) is 59.3. The van der Waals surface area contributed by atoms with Crippen LogP contribution < -0.4 is 5.32 Å². The zero-order valence-corrected chi connectivity index (χ0v) is 26.5. The topological polar surface area (TPSA) is 125 Å². The number of aliphatic hydroxyl groups is 1. The van der Waals surface area contributed by atoms with Crippen molar-refractivity contribution in [1.82, 2.24) is 15.1 Å². The zero-order valence-electron chi connectivity index (χ0n) is 26.5. The van der Waals surface area contributed by atoms with E-state index >= 15 is 0 Å². The van der Waals surface area contributed by atoms with Gasteiger partial charge in [0.1, 0.15) is 23.7 Å². The van der Waals surface area contributed by atoms with E-state index in [0.29, 0.717) is 38.9 Å². The molecule has 3 amide bonds. The molecule has 2 saturated heterocycles.